The first-order chi connectivity index (χ1) is 12.1. The minimum atomic E-state index is 0.0531. The number of amides is 2. The molecular weight excluding hydrogens is 316 g/mol. The molecule has 2 amide bonds. The largest absolute Gasteiger partial charge is 0.356 e. The second kappa shape index (κ2) is 10.8. The summed E-state index contributed by atoms with van der Waals surface area (Å²) in [6.45, 7) is 11.4. The van der Waals surface area contributed by atoms with E-state index in [9.17, 15) is 9.59 Å². The molecule has 0 aromatic rings. The number of nitrogens with zero attached hydrogens (tertiary/aromatic N) is 2. The summed E-state index contributed by atoms with van der Waals surface area (Å²) in [5, 5.41) is 6.41. The number of nitrogens with one attached hydrogen (secondary N) is 2. The number of rotatable bonds is 6. The van der Waals surface area contributed by atoms with Crippen LogP contribution in [0.1, 0.15) is 46.0 Å². The van der Waals surface area contributed by atoms with Crippen molar-refractivity contribution < 1.29 is 9.59 Å². The molecule has 2 saturated heterocycles. The van der Waals surface area contributed by atoms with Crippen LogP contribution < -0.4 is 10.6 Å². The van der Waals surface area contributed by atoms with E-state index in [1.165, 1.54) is 0 Å². The van der Waals surface area contributed by atoms with Crippen molar-refractivity contribution in [3.05, 3.63) is 0 Å². The third-order valence-electron chi connectivity index (χ3n) is 5.37. The fourth-order valence-electron chi connectivity index (χ4n) is 3.65. The Morgan fingerprint density at radius 2 is 1.72 bits per heavy atom. The Morgan fingerprint density at radius 3 is 2.32 bits per heavy atom. The van der Waals surface area contributed by atoms with Crippen molar-refractivity contribution in [3.63, 3.8) is 0 Å². The van der Waals surface area contributed by atoms with Crippen molar-refractivity contribution in [1.82, 2.24) is 20.4 Å². The first-order valence-electron chi connectivity index (χ1n) is 10.0. The second-order valence-corrected chi connectivity index (χ2v) is 7.77. The van der Waals surface area contributed by atoms with Crippen LogP contribution in [0.2, 0.25) is 0 Å². The van der Waals surface area contributed by atoms with E-state index in [1.54, 1.807) is 0 Å². The van der Waals surface area contributed by atoms with Crippen LogP contribution in [0.15, 0.2) is 0 Å². The Morgan fingerprint density at radius 1 is 1.08 bits per heavy atom. The van der Waals surface area contributed by atoms with E-state index in [0.717, 1.165) is 78.0 Å². The van der Waals surface area contributed by atoms with Crippen LogP contribution in [0.5, 0.6) is 0 Å². The quantitative estimate of drug-likeness (QED) is 0.751. The van der Waals surface area contributed by atoms with Gasteiger partial charge in [-0.2, -0.15) is 0 Å². The summed E-state index contributed by atoms with van der Waals surface area (Å²) in [6, 6.07) is 0. The van der Waals surface area contributed by atoms with Crippen molar-refractivity contribution in [3.8, 4) is 0 Å². The van der Waals surface area contributed by atoms with Crippen molar-refractivity contribution in [1.29, 1.82) is 0 Å². The van der Waals surface area contributed by atoms with Gasteiger partial charge in [0.1, 0.15) is 0 Å². The number of hydrogen-bond acceptors (Lipinski definition) is 4. The SMILES string of the molecule is CC(C)C(=O)NCC1CCCN(C(=O)CCN2CCNCC2)CCC1. The summed E-state index contributed by atoms with van der Waals surface area (Å²) in [7, 11) is 0. The van der Waals surface area contributed by atoms with Gasteiger partial charge in [0.25, 0.3) is 0 Å². The van der Waals surface area contributed by atoms with Crippen LogP contribution in [-0.4, -0.2) is 74.0 Å². The van der Waals surface area contributed by atoms with Crippen LogP contribution in [0.4, 0.5) is 0 Å². The molecule has 0 spiro atoms. The molecule has 0 unspecified atom stereocenters. The standard InChI is InChI=1S/C19H36N4O2/c1-16(2)19(25)21-15-17-5-3-10-23(11-4-6-17)18(24)7-12-22-13-8-20-9-14-22/h16-17,20H,3-15H2,1-2H3,(H,21,25). The Balaban J connectivity index is 1.65. The highest BCUT2D eigenvalue weighted by Gasteiger charge is 2.20. The van der Waals surface area contributed by atoms with Crippen molar-refractivity contribution in [2.75, 3.05) is 52.4 Å². The number of carbonyl (C=O) groups is 2. The lowest BCUT2D eigenvalue weighted by atomic mass is 9.95. The molecule has 2 rings (SSSR count). The normalized spacial score (nSPS) is 21.0. The molecule has 6 heteroatoms. The van der Waals surface area contributed by atoms with Gasteiger partial charge in [0.15, 0.2) is 0 Å². The van der Waals surface area contributed by atoms with E-state index < -0.39 is 0 Å². The molecule has 6 nitrogen and oxygen atoms in total. The molecule has 0 radical (unpaired) electrons. The van der Waals surface area contributed by atoms with E-state index in [4.69, 9.17) is 0 Å². The summed E-state index contributed by atoms with van der Waals surface area (Å²) in [4.78, 5) is 28.7. The molecule has 2 aliphatic rings. The molecule has 2 N–H and O–H groups in total. The third kappa shape index (κ3) is 7.32. The van der Waals surface area contributed by atoms with Gasteiger partial charge >= 0.3 is 0 Å². The highest BCUT2D eigenvalue weighted by Crippen LogP contribution is 2.18. The third-order valence-corrected chi connectivity index (χ3v) is 5.37. The Kier molecular flexibility index (Phi) is 8.68. The topological polar surface area (TPSA) is 64.7 Å². The van der Waals surface area contributed by atoms with Crippen molar-refractivity contribution in [2.24, 2.45) is 11.8 Å². The number of piperazine rings is 1. The van der Waals surface area contributed by atoms with Gasteiger partial charge in [-0.1, -0.05) is 13.8 Å². The van der Waals surface area contributed by atoms with Gasteiger partial charge in [0.05, 0.1) is 0 Å². The molecular formula is C19H36N4O2. The van der Waals surface area contributed by atoms with Crippen LogP contribution in [0.3, 0.4) is 0 Å². The molecule has 2 heterocycles. The Labute approximate surface area is 152 Å². The predicted molar refractivity (Wildman–Crippen MR) is 100 cm³/mol. The molecule has 2 fully saturated rings. The zero-order valence-electron chi connectivity index (χ0n) is 16.1. The maximum Gasteiger partial charge on any atom is 0.223 e. The fraction of sp³-hybridized carbons (Fsp3) is 0.895. The van der Waals surface area contributed by atoms with Gasteiger partial charge in [0, 0.05) is 64.7 Å². The number of likely N-dealkylation sites (tertiary alicyclic amines) is 1. The first-order valence-corrected chi connectivity index (χ1v) is 10.0. The van der Waals surface area contributed by atoms with Crippen LogP contribution in [0, 0.1) is 11.8 Å². The zero-order chi connectivity index (χ0) is 18.1. The zero-order valence-corrected chi connectivity index (χ0v) is 16.1. The van der Waals surface area contributed by atoms with Crippen LogP contribution in [-0.2, 0) is 9.59 Å². The molecule has 0 aromatic carbocycles. The molecule has 144 valence electrons. The van der Waals surface area contributed by atoms with E-state index in [1.807, 2.05) is 13.8 Å². The molecule has 0 saturated carbocycles. The average molecular weight is 353 g/mol. The highest BCUT2D eigenvalue weighted by atomic mass is 16.2. The molecule has 0 bridgehead atoms. The number of carbonyl (C=O) groups excluding carboxylic acids is 2. The average Bonchev–Trinajstić information content (AvgIpc) is 2.59. The van der Waals surface area contributed by atoms with Crippen molar-refractivity contribution in [2.45, 2.75) is 46.0 Å². The maximum absolute atomic E-state index is 12.5. The lowest BCUT2D eigenvalue weighted by Gasteiger charge is -2.30. The van der Waals surface area contributed by atoms with Gasteiger partial charge in [-0.05, 0) is 31.6 Å². The fourth-order valence-corrected chi connectivity index (χ4v) is 3.65. The van der Waals surface area contributed by atoms with Crippen LogP contribution >= 0.6 is 0 Å². The summed E-state index contributed by atoms with van der Waals surface area (Å²) in [5.41, 5.74) is 0. The van der Waals surface area contributed by atoms with E-state index in [2.05, 4.69) is 20.4 Å². The lowest BCUT2D eigenvalue weighted by Crippen LogP contribution is -2.45. The predicted octanol–water partition coefficient (Wildman–Crippen LogP) is 1.07. The van der Waals surface area contributed by atoms with E-state index in [-0.39, 0.29) is 11.8 Å². The summed E-state index contributed by atoms with van der Waals surface area (Å²) < 4.78 is 0. The van der Waals surface area contributed by atoms with Crippen LogP contribution in [0.25, 0.3) is 0 Å². The van der Waals surface area contributed by atoms with Gasteiger partial charge in [-0.25, -0.2) is 0 Å². The second-order valence-electron chi connectivity index (χ2n) is 7.77. The molecule has 2 aliphatic heterocycles. The molecule has 0 aromatic heterocycles. The number of hydrogen-bond donors (Lipinski definition) is 2. The summed E-state index contributed by atoms with van der Waals surface area (Å²) >= 11 is 0. The minimum absolute atomic E-state index is 0.0531. The smallest absolute Gasteiger partial charge is 0.223 e. The van der Waals surface area contributed by atoms with Gasteiger partial charge in [-0.15, -0.1) is 0 Å². The summed E-state index contributed by atoms with van der Waals surface area (Å²) in [6.07, 6.45) is 4.93. The van der Waals surface area contributed by atoms with Gasteiger partial charge < -0.3 is 20.4 Å². The lowest BCUT2D eigenvalue weighted by molar-refractivity contribution is -0.132. The van der Waals surface area contributed by atoms with Crippen molar-refractivity contribution >= 4 is 11.8 Å². The molecule has 0 aliphatic carbocycles. The highest BCUT2D eigenvalue weighted by molar-refractivity contribution is 5.77. The Hall–Kier alpha value is -1.14. The monoisotopic (exact) mass is 352 g/mol. The minimum Gasteiger partial charge on any atom is -0.356 e. The molecule has 0 atom stereocenters. The maximum atomic E-state index is 12.5. The summed E-state index contributed by atoms with van der Waals surface area (Å²) in [5.74, 6) is 1.06. The van der Waals surface area contributed by atoms with E-state index in [0.29, 0.717) is 18.2 Å². The molecule has 25 heavy (non-hydrogen) atoms. The first kappa shape index (κ1) is 20.2. The van der Waals surface area contributed by atoms with Gasteiger partial charge in [-0.3, -0.25) is 9.59 Å². The Bertz CT molecular complexity index is 412. The van der Waals surface area contributed by atoms with Gasteiger partial charge in [0.2, 0.25) is 11.8 Å². The van der Waals surface area contributed by atoms with E-state index >= 15 is 0 Å².